The average Bonchev–Trinajstić information content (AvgIpc) is 3.08. The zero-order valence-electron chi connectivity index (χ0n) is 13.1. The number of amides is 1. The highest BCUT2D eigenvalue weighted by molar-refractivity contribution is 5.82. The van der Waals surface area contributed by atoms with Crippen LogP contribution in [-0.2, 0) is 20.9 Å². The molecular weight excluding hydrogens is 298 g/mol. The van der Waals surface area contributed by atoms with E-state index >= 15 is 0 Å². The van der Waals surface area contributed by atoms with Crippen molar-refractivity contribution >= 4 is 12.1 Å². The molecule has 1 aliphatic heterocycles. The van der Waals surface area contributed by atoms with Crippen LogP contribution in [0.4, 0.5) is 4.79 Å². The molecule has 1 heterocycles. The normalized spacial score (nSPS) is 29.2. The van der Waals surface area contributed by atoms with Gasteiger partial charge in [-0.2, -0.15) is 0 Å². The Labute approximate surface area is 135 Å². The smallest absolute Gasteiger partial charge is 0.410 e. The van der Waals surface area contributed by atoms with Crippen molar-refractivity contribution in [3.05, 3.63) is 35.9 Å². The van der Waals surface area contributed by atoms with E-state index in [-0.39, 0.29) is 18.4 Å². The van der Waals surface area contributed by atoms with Crippen molar-refractivity contribution in [1.82, 2.24) is 4.90 Å². The van der Waals surface area contributed by atoms with E-state index in [1.54, 1.807) is 0 Å². The van der Waals surface area contributed by atoms with Crippen LogP contribution in [0.25, 0.3) is 0 Å². The second-order valence-corrected chi connectivity index (χ2v) is 6.21. The maximum atomic E-state index is 12.4. The second-order valence-electron chi connectivity index (χ2n) is 6.21. The fourth-order valence-corrected chi connectivity index (χ4v) is 3.73. The lowest BCUT2D eigenvalue weighted by Gasteiger charge is -2.25. The monoisotopic (exact) mass is 319 g/mol. The molecule has 1 saturated heterocycles. The van der Waals surface area contributed by atoms with Gasteiger partial charge in [0, 0.05) is 6.54 Å². The average molecular weight is 319 g/mol. The van der Waals surface area contributed by atoms with Gasteiger partial charge in [0.05, 0.1) is 13.2 Å². The summed E-state index contributed by atoms with van der Waals surface area (Å²) in [5.41, 5.74) is 0.894. The minimum absolute atomic E-state index is 0.0540. The van der Waals surface area contributed by atoms with Crippen LogP contribution in [0.15, 0.2) is 30.3 Å². The van der Waals surface area contributed by atoms with Crippen LogP contribution in [-0.4, -0.2) is 47.9 Å². The lowest BCUT2D eigenvalue weighted by atomic mass is 9.94. The molecular formula is C17H21NO5. The standard InChI is InChI=1S/C17H21NO5/c1-22-16(20)15-14-8-13(19)7-12(14)9-18(15)17(21)23-10-11-5-3-2-4-6-11/h2-6,12-15,19H,7-10H2,1H3/t12-,13?,14-,15+/m1/s1. The minimum atomic E-state index is -0.662. The van der Waals surface area contributed by atoms with Crippen molar-refractivity contribution in [2.24, 2.45) is 11.8 Å². The molecule has 124 valence electrons. The molecule has 1 aromatic rings. The molecule has 0 bridgehead atoms. The van der Waals surface area contributed by atoms with Crippen molar-refractivity contribution in [3.8, 4) is 0 Å². The first kappa shape index (κ1) is 15.8. The topological polar surface area (TPSA) is 76.1 Å². The van der Waals surface area contributed by atoms with E-state index in [0.717, 1.165) is 5.56 Å². The summed E-state index contributed by atoms with van der Waals surface area (Å²) in [6.07, 6.45) is 0.223. The van der Waals surface area contributed by atoms with Gasteiger partial charge in [0.1, 0.15) is 12.6 Å². The van der Waals surface area contributed by atoms with Crippen LogP contribution >= 0.6 is 0 Å². The summed E-state index contributed by atoms with van der Waals surface area (Å²) in [6.45, 7) is 0.594. The Morgan fingerprint density at radius 1 is 1.26 bits per heavy atom. The summed E-state index contributed by atoms with van der Waals surface area (Å²) in [4.78, 5) is 25.9. The number of carbonyl (C=O) groups is 2. The Kier molecular flexibility index (Phi) is 4.52. The van der Waals surface area contributed by atoms with Crippen molar-refractivity contribution in [2.75, 3.05) is 13.7 Å². The SMILES string of the molecule is COC(=O)[C@@H]1[C@@H]2CC(O)C[C@@H]2CN1C(=O)OCc1ccccc1. The molecule has 1 N–H and O–H groups in total. The lowest BCUT2D eigenvalue weighted by Crippen LogP contribution is -2.44. The van der Waals surface area contributed by atoms with Crippen LogP contribution in [0.3, 0.4) is 0 Å². The number of likely N-dealkylation sites (tertiary alicyclic amines) is 1. The number of hydrogen-bond acceptors (Lipinski definition) is 5. The van der Waals surface area contributed by atoms with Gasteiger partial charge < -0.3 is 14.6 Å². The highest BCUT2D eigenvalue weighted by Gasteiger charge is 2.52. The number of aliphatic hydroxyl groups is 1. The van der Waals surface area contributed by atoms with Gasteiger partial charge in [-0.3, -0.25) is 4.90 Å². The molecule has 1 unspecified atom stereocenters. The van der Waals surface area contributed by atoms with Crippen LogP contribution in [0.5, 0.6) is 0 Å². The molecule has 3 rings (SSSR count). The Balaban J connectivity index is 1.68. The molecule has 1 aliphatic carbocycles. The molecule has 1 saturated carbocycles. The van der Waals surface area contributed by atoms with E-state index in [9.17, 15) is 14.7 Å². The van der Waals surface area contributed by atoms with E-state index in [1.165, 1.54) is 12.0 Å². The van der Waals surface area contributed by atoms with Gasteiger partial charge in [-0.1, -0.05) is 30.3 Å². The van der Waals surface area contributed by atoms with Crippen molar-refractivity contribution in [3.63, 3.8) is 0 Å². The molecule has 2 fully saturated rings. The summed E-state index contributed by atoms with van der Waals surface area (Å²) in [5.74, 6) is -0.372. The predicted octanol–water partition coefficient (Wildman–Crippen LogP) is 1.57. The number of nitrogens with zero attached hydrogens (tertiary/aromatic N) is 1. The van der Waals surface area contributed by atoms with Gasteiger partial charge in [0.2, 0.25) is 0 Å². The van der Waals surface area contributed by atoms with E-state index in [1.807, 2.05) is 30.3 Å². The molecule has 0 radical (unpaired) electrons. The number of rotatable bonds is 3. The molecule has 0 aromatic heterocycles. The summed E-state index contributed by atoms with van der Waals surface area (Å²) >= 11 is 0. The fourth-order valence-electron chi connectivity index (χ4n) is 3.73. The number of methoxy groups -OCH3 is 1. The van der Waals surface area contributed by atoms with Crippen LogP contribution in [0, 0.1) is 11.8 Å². The van der Waals surface area contributed by atoms with E-state index in [0.29, 0.717) is 19.4 Å². The number of benzene rings is 1. The number of aliphatic hydroxyl groups excluding tert-OH is 1. The third-order valence-corrected chi connectivity index (χ3v) is 4.78. The Morgan fingerprint density at radius 3 is 2.70 bits per heavy atom. The molecule has 6 nitrogen and oxygen atoms in total. The number of esters is 1. The van der Waals surface area contributed by atoms with Crippen LogP contribution < -0.4 is 0 Å². The molecule has 2 aliphatic rings. The summed E-state index contributed by atoms with van der Waals surface area (Å²) in [6, 6.07) is 8.74. The Hall–Kier alpha value is -2.08. The third kappa shape index (κ3) is 3.17. The highest BCUT2D eigenvalue weighted by Crippen LogP contribution is 2.43. The van der Waals surface area contributed by atoms with E-state index < -0.39 is 24.2 Å². The van der Waals surface area contributed by atoms with Crippen molar-refractivity contribution in [1.29, 1.82) is 0 Å². The highest BCUT2D eigenvalue weighted by atomic mass is 16.6. The first-order valence-corrected chi connectivity index (χ1v) is 7.83. The Bertz CT molecular complexity index is 576. The fraction of sp³-hybridized carbons (Fsp3) is 0.529. The third-order valence-electron chi connectivity index (χ3n) is 4.78. The number of ether oxygens (including phenoxy) is 2. The number of carbonyl (C=O) groups excluding carboxylic acids is 2. The van der Waals surface area contributed by atoms with Gasteiger partial charge in [0.15, 0.2) is 0 Å². The quantitative estimate of drug-likeness (QED) is 0.856. The second kappa shape index (κ2) is 6.58. The van der Waals surface area contributed by atoms with Crippen molar-refractivity contribution < 1.29 is 24.2 Å². The molecule has 6 heteroatoms. The predicted molar refractivity (Wildman–Crippen MR) is 81.4 cm³/mol. The zero-order valence-corrected chi connectivity index (χ0v) is 13.1. The van der Waals surface area contributed by atoms with Gasteiger partial charge in [-0.05, 0) is 30.2 Å². The van der Waals surface area contributed by atoms with Gasteiger partial charge in [0.25, 0.3) is 0 Å². The largest absolute Gasteiger partial charge is 0.467 e. The summed E-state index contributed by atoms with van der Waals surface area (Å²) < 4.78 is 10.2. The van der Waals surface area contributed by atoms with Gasteiger partial charge in [-0.15, -0.1) is 0 Å². The van der Waals surface area contributed by atoms with Crippen molar-refractivity contribution in [2.45, 2.75) is 31.6 Å². The summed E-state index contributed by atoms with van der Waals surface area (Å²) in [5, 5.41) is 9.80. The van der Waals surface area contributed by atoms with Crippen LogP contribution in [0.1, 0.15) is 18.4 Å². The molecule has 1 amide bonds. The number of hydrogen-bond donors (Lipinski definition) is 1. The number of fused-ring (bicyclic) bond motifs is 1. The Morgan fingerprint density at radius 2 is 2.00 bits per heavy atom. The molecule has 23 heavy (non-hydrogen) atoms. The zero-order chi connectivity index (χ0) is 16.4. The maximum Gasteiger partial charge on any atom is 0.410 e. The van der Waals surface area contributed by atoms with Crippen LogP contribution in [0.2, 0.25) is 0 Å². The van der Waals surface area contributed by atoms with Gasteiger partial charge >= 0.3 is 12.1 Å². The van der Waals surface area contributed by atoms with E-state index in [4.69, 9.17) is 9.47 Å². The molecule has 0 spiro atoms. The molecule has 4 atom stereocenters. The van der Waals surface area contributed by atoms with E-state index in [2.05, 4.69) is 0 Å². The first-order chi connectivity index (χ1) is 11.1. The lowest BCUT2D eigenvalue weighted by molar-refractivity contribution is -0.146. The maximum absolute atomic E-state index is 12.4. The summed E-state index contributed by atoms with van der Waals surface area (Å²) in [7, 11) is 1.31. The van der Waals surface area contributed by atoms with Gasteiger partial charge in [-0.25, -0.2) is 9.59 Å². The minimum Gasteiger partial charge on any atom is -0.467 e. The molecule has 1 aromatic carbocycles. The first-order valence-electron chi connectivity index (χ1n) is 7.83.